The van der Waals surface area contributed by atoms with Gasteiger partial charge in [-0.05, 0) is 24.3 Å². The van der Waals surface area contributed by atoms with Crippen LogP contribution in [0.3, 0.4) is 0 Å². The predicted molar refractivity (Wildman–Crippen MR) is 102 cm³/mol. The Labute approximate surface area is 179 Å². The summed E-state index contributed by atoms with van der Waals surface area (Å²) in [5.41, 5.74) is -0.896. The molecule has 0 spiro atoms. The summed E-state index contributed by atoms with van der Waals surface area (Å²) in [6, 6.07) is 4.79. The number of aromatic nitrogens is 1. The maximum absolute atomic E-state index is 13.9. The summed E-state index contributed by atoms with van der Waals surface area (Å²) < 4.78 is 91.4. The highest BCUT2D eigenvalue weighted by atomic mass is 32.2. The van der Waals surface area contributed by atoms with Crippen LogP contribution in [0.4, 0.5) is 22.0 Å². The van der Waals surface area contributed by atoms with Gasteiger partial charge in [-0.25, -0.2) is 22.2 Å². The van der Waals surface area contributed by atoms with E-state index in [0.717, 1.165) is 46.4 Å². The predicted octanol–water partition coefficient (Wildman–Crippen LogP) is 3.00. The molecule has 0 bridgehead atoms. The van der Waals surface area contributed by atoms with Crippen molar-refractivity contribution in [1.29, 1.82) is 0 Å². The molecule has 0 N–H and O–H groups in total. The molecule has 2 aromatic rings. The number of pyridine rings is 1. The molecule has 1 aliphatic rings. The number of amides is 1. The average molecular weight is 481 g/mol. The molecule has 1 amide bonds. The van der Waals surface area contributed by atoms with Gasteiger partial charge in [0.05, 0.1) is 16.3 Å². The van der Waals surface area contributed by atoms with Crippen LogP contribution < -0.4 is 0 Å². The van der Waals surface area contributed by atoms with Crippen LogP contribution in [-0.2, 0) is 21.0 Å². The number of rotatable bonds is 5. The third-order valence-corrected chi connectivity index (χ3v) is 7.39. The number of nitrogens with zero attached hydrogens (tertiary/aromatic N) is 3. The first-order chi connectivity index (χ1) is 14.5. The second kappa shape index (κ2) is 9.09. The van der Waals surface area contributed by atoms with Crippen LogP contribution in [0.2, 0.25) is 0 Å². The number of carbonyl (C=O) groups is 1. The van der Waals surface area contributed by atoms with E-state index in [2.05, 4.69) is 4.98 Å². The van der Waals surface area contributed by atoms with Crippen molar-refractivity contribution in [3.63, 3.8) is 0 Å². The molecule has 0 aliphatic carbocycles. The number of thioether (sulfide) groups is 1. The third-order valence-electron chi connectivity index (χ3n) is 4.52. The number of benzene rings is 1. The first-order valence-electron chi connectivity index (χ1n) is 8.88. The first kappa shape index (κ1) is 23.4. The van der Waals surface area contributed by atoms with Gasteiger partial charge in [0.15, 0.2) is 4.90 Å². The van der Waals surface area contributed by atoms with Crippen LogP contribution in [0.15, 0.2) is 46.5 Å². The highest BCUT2D eigenvalue weighted by molar-refractivity contribution is 7.99. The summed E-state index contributed by atoms with van der Waals surface area (Å²) >= 11 is 0.948. The largest absolute Gasteiger partial charge is 0.417 e. The van der Waals surface area contributed by atoms with E-state index in [-0.39, 0.29) is 42.9 Å². The number of hydrogen-bond donors (Lipinski definition) is 0. The van der Waals surface area contributed by atoms with Gasteiger partial charge in [0, 0.05) is 32.4 Å². The maximum atomic E-state index is 13.9. The van der Waals surface area contributed by atoms with Gasteiger partial charge in [-0.3, -0.25) is 4.79 Å². The molecule has 0 unspecified atom stereocenters. The Morgan fingerprint density at radius 3 is 2.16 bits per heavy atom. The van der Waals surface area contributed by atoms with Gasteiger partial charge in [-0.2, -0.15) is 17.5 Å². The lowest BCUT2D eigenvalue weighted by molar-refractivity contribution is -0.138. The molecule has 1 aromatic carbocycles. The highest BCUT2D eigenvalue weighted by Gasteiger charge is 2.34. The molecule has 6 nitrogen and oxygen atoms in total. The quantitative estimate of drug-likeness (QED) is 0.485. The standard InChI is InChI=1S/C18H16F5N3O3S2/c19-13-2-1-3-14(20)17(13)31(28,29)26-8-6-25(7-9-26)16(27)11-30-15-5-4-12(10-24-15)18(21,22)23/h1-5,10H,6-9,11H2. The second-order valence-electron chi connectivity index (χ2n) is 6.51. The summed E-state index contributed by atoms with van der Waals surface area (Å²) in [7, 11) is -4.41. The molecule has 3 rings (SSSR count). The topological polar surface area (TPSA) is 70.6 Å². The van der Waals surface area contributed by atoms with E-state index in [0.29, 0.717) is 6.20 Å². The zero-order chi connectivity index (χ0) is 22.8. The number of hydrogen-bond acceptors (Lipinski definition) is 5. The van der Waals surface area contributed by atoms with Crippen molar-refractivity contribution in [3.05, 3.63) is 53.7 Å². The second-order valence-corrected chi connectivity index (χ2v) is 9.38. The molecular weight excluding hydrogens is 465 g/mol. The first-order valence-corrected chi connectivity index (χ1v) is 11.3. The minimum atomic E-state index is -4.50. The van der Waals surface area contributed by atoms with Crippen molar-refractivity contribution in [2.75, 3.05) is 31.9 Å². The van der Waals surface area contributed by atoms with Crippen LogP contribution >= 0.6 is 11.8 Å². The Morgan fingerprint density at radius 2 is 1.65 bits per heavy atom. The number of alkyl halides is 3. The Morgan fingerprint density at radius 1 is 1.03 bits per heavy atom. The normalized spacial score (nSPS) is 15.8. The molecule has 1 saturated heterocycles. The molecule has 2 heterocycles. The van der Waals surface area contributed by atoms with E-state index < -0.39 is 38.3 Å². The molecular formula is C18H16F5N3O3S2. The fraction of sp³-hybridized carbons (Fsp3) is 0.333. The van der Waals surface area contributed by atoms with E-state index in [1.807, 2.05) is 0 Å². The monoisotopic (exact) mass is 481 g/mol. The lowest BCUT2D eigenvalue weighted by Gasteiger charge is -2.34. The molecule has 31 heavy (non-hydrogen) atoms. The number of halogens is 5. The van der Waals surface area contributed by atoms with Gasteiger partial charge in [0.1, 0.15) is 11.6 Å². The smallest absolute Gasteiger partial charge is 0.339 e. The molecule has 1 fully saturated rings. The van der Waals surface area contributed by atoms with E-state index in [9.17, 15) is 35.2 Å². The van der Waals surface area contributed by atoms with Crippen molar-refractivity contribution < 1.29 is 35.2 Å². The van der Waals surface area contributed by atoms with Gasteiger partial charge >= 0.3 is 6.18 Å². The minimum Gasteiger partial charge on any atom is -0.339 e. The molecule has 1 aliphatic heterocycles. The molecule has 1 aromatic heterocycles. The fourth-order valence-corrected chi connectivity index (χ4v) is 5.17. The number of carbonyl (C=O) groups excluding carboxylic acids is 1. The van der Waals surface area contributed by atoms with Crippen molar-refractivity contribution in [2.24, 2.45) is 0 Å². The Bertz CT molecular complexity index is 1030. The van der Waals surface area contributed by atoms with Crippen molar-refractivity contribution in [1.82, 2.24) is 14.2 Å². The van der Waals surface area contributed by atoms with E-state index >= 15 is 0 Å². The molecule has 0 saturated carbocycles. The maximum Gasteiger partial charge on any atom is 0.417 e. The summed E-state index contributed by atoms with van der Waals surface area (Å²) in [6.07, 6.45) is -3.82. The van der Waals surface area contributed by atoms with Crippen LogP contribution in [-0.4, -0.2) is 60.4 Å². The van der Waals surface area contributed by atoms with Crippen molar-refractivity contribution in [3.8, 4) is 0 Å². The Kier molecular flexibility index (Phi) is 6.86. The Hall–Kier alpha value is -2.25. The zero-order valence-electron chi connectivity index (χ0n) is 15.8. The van der Waals surface area contributed by atoms with Gasteiger partial charge in [0.25, 0.3) is 0 Å². The SMILES string of the molecule is O=C(CSc1ccc(C(F)(F)F)cn1)N1CCN(S(=O)(=O)c2c(F)cccc2F)CC1. The number of sulfonamides is 1. The number of piperazine rings is 1. The fourth-order valence-electron chi connectivity index (χ4n) is 2.90. The van der Waals surface area contributed by atoms with E-state index in [1.54, 1.807) is 0 Å². The highest BCUT2D eigenvalue weighted by Crippen LogP contribution is 2.29. The van der Waals surface area contributed by atoms with Gasteiger partial charge in [-0.15, -0.1) is 0 Å². The third kappa shape index (κ3) is 5.33. The van der Waals surface area contributed by atoms with Crippen LogP contribution in [0, 0.1) is 11.6 Å². The van der Waals surface area contributed by atoms with Gasteiger partial charge < -0.3 is 4.90 Å². The van der Waals surface area contributed by atoms with Crippen LogP contribution in [0.5, 0.6) is 0 Å². The molecule has 13 heteroatoms. The van der Waals surface area contributed by atoms with Crippen LogP contribution in [0.25, 0.3) is 0 Å². The average Bonchev–Trinajstić information content (AvgIpc) is 2.71. The van der Waals surface area contributed by atoms with Crippen molar-refractivity contribution in [2.45, 2.75) is 16.1 Å². The lowest BCUT2D eigenvalue weighted by Crippen LogP contribution is -2.51. The van der Waals surface area contributed by atoms with E-state index in [4.69, 9.17) is 0 Å². The summed E-state index contributed by atoms with van der Waals surface area (Å²) in [4.78, 5) is 16.4. The lowest BCUT2D eigenvalue weighted by atomic mass is 10.3. The summed E-state index contributed by atoms with van der Waals surface area (Å²) in [5, 5.41) is 0.234. The molecule has 0 radical (unpaired) electrons. The zero-order valence-corrected chi connectivity index (χ0v) is 17.4. The Balaban J connectivity index is 1.56. The summed E-state index contributed by atoms with van der Waals surface area (Å²) in [5.74, 6) is -2.86. The van der Waals surface area contributed by atoms with Gasteiger partial charge in [-0.1, -0.05) is 17.8 Å². The van der Waals surface area contributed by atoms with Crippen molar-refractivity contribution >= 4 is 27.7 Å². The van der Waals surface area contributed by atoms with Gasteiger partial charge in [0.2, 0.25) is 15.9 Å². The molecule has 168 valence electrons. The van der Waals surface area contributed by atoms with E-state index in [1.165, 1.54) is 4.90 Å². The minimum absolute atomic E-state index is 0.00906. The van der Waals surface area contributed by atoms with Crippen LogP contribution in [0.1, 0.15) is 5.56 Å². The summed E-state index contributed by atoms with van der Waals surface area (Å²) in [6.45, 7) is -0.277. The molecule has 0 atom stereocenters.